The van der Waals surface area contributed by atoms with Crippen LogP contribution in [0.15, 0.2) is 40.4 Å². The van der Waals surface area contributed by atoms with Crippen LogP contribution in [0.4, 0.5) is 0 Å². The molecule has 0 atom stereocenters. The minimum Gasteiger partial charge on any atom is -0.493 e. The fourth-order valence-corrected chi connectivity index (χ4v) is 2.73. The van der Waals surface area contributed by atoms with Gasteiger partial charge in [-0.3, -0.25) is 0 Å². The molecule has 0 unspecified atom stereocenters. The maximum atomic E-state index is 9.45. The number of ether oxygens (including phenoxy) is 2. The molecule has 2 rings (SSSR count). The van der Waals surface area contributed by atoms with E-state index in [1.54, 1.807) is 26.4 Å². The summed E-state index contributed by atoms with van der Waals surface area (Å²) < 4.78 is 10.5. The van der Waals surface area contributed by atoms with Crippen LogP contribution < -0.4 is 9.47 Å². The fraction of sp³-hybridized carbons (Fsp3) is 0.200. The highest BCUT2D eigenvalue weighted by atomic mass is 32.2. The molecule has 5 nitrogen and oxygen atoms in total. The van der Waals surface area contributed by atoms with Gasteiger partial charge in [-0.15, -0.1) is 0 Å². The van der Waals surface area contributed by atoms with Gasteiger partial charge in [-0.1, -0.05) is 16.9 Å². The smallest absolute Gasteiger partial charge is 0.161 e. The van der Waals surface area contributed by atoms with Crippen LogP contribution in [0.3, 0.4) is 0 Å². The standard InChI is InChI=1S/C15H14N2O3S/c1-18-12-5-4-10(8-13(12)19-2)11(9-16)14-6-7-15(21-14)17-20-3/h4-8H,1-3H3. The van der Waals surface area contributed by atoms with Crippen LogP contribution in [0, 0.1) is 11.3 Å². The van der Waals surface area contributed by atoms with Crippen molar-refractivity contribution in [2.24, 2.45) is 5.16 Å². The summed E-state index contributed by atoms with van der Waals surface area (Å²) in [4.78, 5) is 5.55. The van der Waals surface area contributed by atoms with E-state index in [9.17, 15) is 5.26 Å². The van der Waals surface area contributed by atoms with Crippen LogP contribution in [-0.2, 0) is 4.84 Å². The van der Waals surface area contributed by atoms with Gasteiger partial charge in [0.05, 0.1) is 19.8 Å². The van der Waals surface area contributed by atoms with E-state index < -0.39 is 0 Å². The Morgan fingerprint density at radius 2 is 1.90 bits per heavy atom. The summed E-state index contributed by atoms with van der Waals surface area (Å²) in [5.41, 5.74) is 1.32. The Hall–Kier alpha value is -2.39. The molecule has 0 spiro atoms. The Labute approximate surface area is 127 Å². The lowest BCUT2D eigenvalue weighted by Crippen LogP contribution is -1.93. The fourth-order valence-electron chi connectivity index (χ4n) is 1.85. The largest absolute Gasteiger partial charge is 0.493 e. The van der Waals surface area contributed by atoms with Crippen LogP contribution in [-0.4, -0.2) is 26.4 Å². The van der Waals surface area contributed by atoms with Crippen LogP contribution in [0.2, 0.25) is 0 Å². The minimum absolute atomic E-state index is 0.554. The van der Waals surface area contributed by atoms with Crippen molar-refractivity contribution in [1.29, 1.82) is 5.26 Å². The van der Waals surface area contributed by atoms with Crippen LogP contribution in [0.1, 0.15) is 5.56 Å². The summed E-state index contributed by atoms with van der Waals surface area (Å²) in [7, 11) is 4.63. The molecule has 1 heterocycles. The Morgan fingerprint density at radius 1 is 1.14 bits per heavy atom. The Bertz CT molecular complexity index is 672. The second kappa shape index (κ2) is 6.86. The maximum Gasteiger partial charge on any atom is 0.161 e. The molecule has 0 fully saturated rings. The first-order valence-electron chi connectivity index (χ1n) is 6.07. The first-order chi connectivity index (χ1) is 10.2. The number of rotatable bonds is 4. The number of oxime groups is 1. The molecular weight excluding hydrogens is 288 g/mol. The zero-order valence-electron chi connectivity index (χ0n) is 11.9. The lowest BCUT2D eigenvalue weighted by atomic mass is 10.1. The maximum absolute atomic E-state index is 9.45. The molecule has 21 heavy (non-hydrogen) atoms. The van der Waals surface area contributed by atoms with E-state index in [4.69, 9.17) is 14.3 Å². The Balaban J connectivity index is 2.42. The van der Waals surface area contributed by atoms with Gasteiger partial charge in [0.25, 0.3) is 0 Å². The monoisotopic (exact) mass is 302 g/mol. The van der Waals surface area contributed by atoms with E-state index in [-0.39, 0.29) is 0 Å². The third kappa shape index (κ3) is 3.20. The van der Waals surface area contributed by atoms with Crippen LogP contribution >= 0.6 is 11.8 Å². The SMILES string of the molecule is CON=C1C=CC(=C(C#N)c2ccc(OC)c(OC)c2)S1. The molecule has 0 bridgehead atoms. The number of nitrogens with zero attached hydrogens (tertiary/aromatic N) is 2. The topological polar surface area (TPSA) is 63.8 Å². The highest BCUT2D eigenvalue weighted by Gasteiger charge is 2.17. The Morgan fingerprint density at radius 3 is 2.52 bits per heavy atom. The summed E-state index contributed by atoms with van der Waals surface area (Å²) in [6.45, 7) is 0. The van der Waals surface area contributed by atoms with Gasteiger partial charge in [-0.2, -0.15) is 5.26 Å². The first kappa shape index (κ1) is 15.0. The number of hydrogen-bond donors (Lipinski definition) is 0. The van der Waals surface area contributed by atoms with Gasteiger partial charge < -0.3 is 14.3 Å². The molecule has 1 aromatic carbocycles. The number of benzene rings is 1. The van der Waals surface area contributed by atoms with Crippen molar-refractivity contribution in [2.45, 2.75) is 0 Å². The molecule has 0 N–H and O–H groups in total. The molecule has 6 heteroatoms. The lowest BCUT2D eigenvalue weighted by Gasteiger charge is -2.09. The van der Waals surface area contributed by atoms with Gasteiger partial charge in [-0.05, 0) is 35.9 Å². The molecule has 1 aliphatic rings. The van der Waals surface area contributed by atoms with Gasteiger partial charge in [0, 0.05) is 4.91 Å². The predicted octanol–water partition coefficient (Wildman–Crippen LogP) is 3.20. The van der Waals surface area contributed by atoms with Gasteiger partial charge >= 0.3 is 0 Å². The van der Waals surface area contributed by atoms with Crippen molar-refractivity contribution in [1.82, 2.24) is 0 Å². The van der Waals surface area contributed by atoms with Crippen molar-refractivity contribution < 1.29 is 14.3 Å². The predicted molar refractivity (Wildman–Crippen MR) is 83.3 cm³/mol. The van der Waals surface area contributed by atoms with Crippen molar-refractivity contribution in [3.05, 3.63) is 40.8 Å². The number of thioether (sulfide) groups is 1. The van der Waals surface area contributed by atoms with Gasteiger partial charge in [0.15, 0.2) is 11.5 Å². The molecule has 0 saturated carbocycles. The normalized spacial score (nSPS) is 17.5. The third-order valence-electron chi connectivity index (χ3n) is 2.80. The number of nitriles is 1. The second-order valence-electron chi connectivity index (χ2n) is 3.97. The van der Waals surface area contributed by atoms with Crippen molar-refractivity contribution in [3.8, 4) is 17.6 Å². The summed E-state index contributed by atoms with van der Waals surface area (Å²) in [5, 5.41) is 14.0. The summed E-state index contributed by atoms with van der Waals surface area (Å²) >= 11 is 1.39. The van der Waals surface area contributed by atoms with E-state index in [2.05, 4.69) is 11.2 Å². The average Bonchev–Trinajstić information content (AvgIpc) is 2.96. The number of hydrogen-bond acceptors (Lipinski definition) is 6. The lowest BCUT2D eigenvalue weighted by molar-refractivity contribution is 0.215. The molecule has 0 aromatic heterocycles. The van der Waals surface area contributed by atoms with Gasteiger partial charge in [-0.25, -0.2) is 0 Å². The van der Waals surface area contributed by atoms with Gasteiger partial charge in [0.1, 0.15) is 18.2 Å². The third-order valence-corrected chi connectivity index (χ3v) is 3.78. The molecule has 0 saturated heterocycles. The van der Waals surface area contributed by atoms with Crippen LogP contribution in [0.25, 0.3) is 5.57 Å². The van der Waals surface area contributed by atoms with E-state index in [1.807, 2.05) is 18.2 Å². The van der Waals surface area contributed by atoms with E-state index >= 15 is 0 Å². The molecule has 1 aliphatic heterocycles. The highest BCUT2D eigenvalue weighted by Crippen LogP contribution is 2.36. The molecule has 0 amide bonds. The summed E-state index contributed by atoms with van der Waals surface area (Å²) in [6, 6.07) is 7.61. The summed E-state index contributed by atoms with van der Waals surface area (Å²) in [5.74, 6) is 1.21. The number of allylic oxidation sites excluding steroid dienone is 2. The molecular formula is C15H14N2O3S. The molecule has 0 aliphatic carbocycles. The first-order valence-corrected chi connectivity index (χ1v) is 6.89. The van der Waals surface area contributed by atoms with E-state index in [1.165, 1.54) is 18.9 Å². The zero-order chi connectivity index (χ0) is 15.2. The highest BCUT2D eigenvalue weighted by molar-refractivity contribution is 8.18. The van der Waals surface area contributed by atoms with Crippen molar-refractivity contribution >= 4 is 22.4 Å². The van der Waals surface area contributed by atoms with E-state index in [0.29, 0.717) is 22.1 Å². The minimum atomic E-state index is 0.554. The molecule has 108 valence electrons. The average molecular weight is 302 g/mol. The van der Waals surface area contributed by atoms with Crippen molar-refractivity contribution in [3.63, 3.8) is 0 Å². The van der Waals surface area contributed by atoms with Crippen LogP contribution in [0.5, 0.6) is 11.5 Å². The van der Waals surface area contributed by atoms with Crippen molar-refractivity contribution in [2.75, 3.05) is 21.3 Å². The quantitative estimate of drug-likeness (QED) is 0.631. The van der Waals surface area contributed by atoms with Gasteiger partial charge in [0.2, 0.25) is 0 Å². The second-order valence-corrected chi connectivity index (χ2v) is 5.03. The molecule has 0 radical (unpaired) electrons. The summed E-state index contributed by atoms with van der Waals surface area (Å²) in [6.07, 6.45) is 3.65. The van der Waals surface area contributed by atoms with E-state index in [0.717, 1.165) is 10.5 Å². The molecule has 1 aromatic rings. The Kier molecular flexibility index (Phi) is 4.90. The zero-order valence-corrected chi connectivity index (χ0v) is 12.7. The number of methoxy groups -OCH3 is 2.